The Morgan fingerprint density at radius 2 is 1.71 bits per heavy atom. The summed E-state index contributed by atoms with van der Waals surface area (Å²) >= 11 is 0. The van der Waals surface area contributed by atoms with Crippen molar-refractivity contribution in [2.45, 2.75) is 71.1 Å². The number of amides is 1. The third-order valence-corrected chi connectivity index (χ3v) is 2.83. The molecule has 1 N–H and O–H groups in total. The van der Waals surface area contributed by atoms with Crippen LogP contribution in [-0.4, -0.2) is 18.7 Å². The summed E-state index contributed by atoms with van der Waals surface area (Å²) < 4.78 is 0. The van der Waals surface area contributed by atoms with Crippen molar-refractivity contribution >= 4 is 12.2 Å². The van der Waals surface area contributed by atoms with Crippen molar-refractivity contribution in [3.8, 4) is 0 Å². The summed E-state index contributed by atoms with van der Waals surface area (Å²) in [5.74, 6) is 0.129. The molecule has 0 atom stereocenters. The van der Waals surface area contributed by atoms with Crippen LogP contribution in [0.1, 0.15) is 71.1 Å². The van der Waals surface area contributed by atoms with E-state index in [0.29, 0.717) is 12.8 Å². The maximum Gasteiger partial charge on any atom is 0.219 e. The van der Waals surface area contributed by atoms with Gasteiger partial charge in [0.25, 0.3) is 0 Å². The highest BCUT2D eigenvalue weighted by Gasteiger charge is 1.99. The Hall–Kier alpha value is -0.860. The van der Waals surface area contributed by atoms with Crippen molar-refractivity contribution in [2.75, 3.05) is 6.54 Å². The van der Waals surface area contributed by atoms with E-state index in [1.807, 2.05) is 0 Å². The largest absolute Gasteiger partial charge is 0.356 e. The van der Waals surface area contributed by atoms with Gasteiger partial charge < -0.3 is 10.1 Å². The molecular formula is C14H27NO2. The molecule has 0 spiro atoms. The second-order valence-corrected chi connectivity index (χ2v) is 4.53. The third kappa shape index (κ3) is 13.1. The van der Waals surface area contributed by atoms with Gasteiger partial charge in [0.15, 0.2) is 0 Å². The summed E-state index contributed by atoms with van der Waals surface area (Å²) in [5.41, 5.74) is 0. The van der Waals surface area contributed by atoms with E-state index in [2.05, 4.69) is 12.2 Å². The summed E-state index contributed by atoms with van der Waals surface area (Å²) in [6.45, 7) is 3.02. The zero-order chi connectivity index (χ0) is 12.8. The van der Waals surface area contributed by atoms with Crippen molar-refractivity contribution < 1.29 is 9.59 Å². The van der Waals surface area contributed by atoms with Gasteiger partial charge in [-0.2, -0.15) is 0 Å². The van der Waals surface area contributed by atoms with E-state index >= 15 is 0 Å². The maximum atomic E-state index is 11.3. The molecule has 1 amide bonds. The van der Waals surface area contributed by atoms with Crippen LogP contribution >= 0.6 is 0 Å². The molecule has 3 nitrogen and oxygen atoms in total. The lowest BCUT2D eigenvalue weighted by Gasteiger charge is -2.04. The predicted molar refractivity (Wildman–Crippen MR) is 70.9 cm³/mol. The molecule has 0 rings (SSSR count). The lowest BCUT2D eigenvalue weighted by Crippen LogP contribution is -2.23. The fourth-order valence-electron chi connectivity index (χ4n) is 1.73. The molecule has 0 fully saturated rings. The van der Waals surface area contributed by atoms with E-state index in [1.165, 1.54) is 32.1 Å². The number of aldehydes is 1. The van der Waals surface area contributed by atoms with Gasteiger partial charge >= 0.3 is 0 Å². The summed E-state index contributed by atoms with van der Waals surface area (Å²) in [5, 5.41) is 2.92. The van der Waals surface area contributed by atoms with Crippen molar-refractivity contribution in [3.05, 3.63) is 0 Å². The molecule has 0 aromatic rings. The van der Waals surface area contributed by atoms with Crippen LogP contribution in [0.25, 0.3) is 0 Å². The highest BCUT2D eigenvalue weighted by atomic mass is 16.1. The van der Waals surface area contributed by atoms with Crippen LogP contribution in [0.2, 0.25) is 0 Å². The molecular weight excluding hydrogens is 214 g/mol. The maximum absolute atomic E-state index is 11.3. The van der Waals surface area contributed by atoms with Crippen LogP contribution in [0.4, 0.5) is 0 Å². The average molecular weight is 241 g/mol. The van der Waals surface area contributed by atoms with Crippen LogP contribution in [0.5, 0.6) is 0 Å². The summed E-state index contributed by atoms with van der Waals surface area (Å²) in [4.78, 5) is 21.4. The predicted octanol–water partition coefficient (Wildman–Crippen LogP) is 3.22. The normalized spacial score (nSPS) is 10.2. The third-order valence-electron chi connectivity index (χ3n) is 2.83. The molecule has 0 aliphatic heterocycles. The quantitative estimate of drug-likeness (QED) is 0.421. The lowest BCUT2D eigenvalue weighted by atomic mass is 10.1. The number of carbonyl (C=O) groups is 2. The van der Waals surface area contributed by atoms with Gasteiger partial charge in [-0.3, -0.25) is 4.79 Å². The Morgan fingerprint density at radius 3 is 2.41 bits per heavy atom. The van der Waals surface area contributed by atoms with Gasteiger partial charge in [0, 0.05) is 19.4 Å². The Balaban J connectivity index is 3.13. The SMILES string of the molecule is CCCCCCCCNC(=O)CCCCC=O. The molecule has 0 bridgehead atoms. The number of nitrogens with one attached hydrogen (secondary N) is 1. The van der Waals surface area contributed by atoms with E-state index in [0.717, 1.165) is 32.1 Å². The minimum absolute atomic E-state index is 0.129. The smallest absolute Gasteiger partial charge is 0.219 e. The van der Waals surface area contributed by atoms with Crippen molar-refractivity contribution in [3.63, 3.8) is 0 Å². The molecule has 0 saturated heterocycles. The monoisotopic (exact) mass is 241 g/mol. The molecule has 0 unspecified atom stereocenters. The molecule has 0 aliphatic carbocycles. The van der Waals surface area contributed by atoms with E-state index in [9.17, 15) is 9.59 Å². The first-order valence-electron chi connectivity index (χ1n) is 7.01. The van der Waals surface area contributed by atoms with Gasteiger partial charge in [0.2, 0.25) is 5.91 Å². The number of carbonyl (C=O) groups excluding carboxylic acids is 2. The summed E-state index contributed by atoms with van der Waals surface area (Å²) in [7, 11) is 0. The molecule has 0 heterocycles. The highest BCUT2D eigenvalue weighted by molar-refractivity contribution is 5.75. The van der Waals surface area contributed by atoms with Crippen LogP contribution in [-0.2, 0) is 9.59 Å². The molecule has 0 radical (unpaired) electrons. The average Bonchev–Trinajstić information content (AvgIpc) is 2.33. The molecule has 100 valence electrons. The fraction of sp³-hybridized carbons (Fsp3) is 0.857. The van der Waals surface area contributed by atoms with E-state index in [4.69, 9.17) is 0 Å². The zero-order valence-corrected chi connectivity index (χ0v) is 11.2. The van der Waals surface area contributed by atoms with Gasteiger partial charge in [0.05, 0.1) is 0 Å². The Kier molecular flexibility index (Phi) is 12.5. The summed E-state index contributed by atoms with van der Waals surface area (Å²) in [6, 6.07) is 0. The number of rotatable bonds is 12. The first-order valence-corrected chi connectivity index (χ1v) is 7.01. The van der Waals surface area contributed by atoms with Crippen molar-refractivity contribution in [1.29, 1.82) is 0 Å². The zero-order valence-electron chi connectivity index (χ0n) is 11.2. The minimum Gasteiger partial charge on any atom is -0.356 e. The van der Waals surface area contributed by atoms with Gasteiger partial charge in [-0.15, -0.1) is 0 Å². The molecule has 0 aliphatic rings. The number of unbranched alkanes of at least 4 members (excludes halogenated alkanes) is 7. The fourth-order valence-corrected chi connectivity index (χ4v) is 1.73. The topological polar surface area (TPSA) is 46.2 Å². The van der Waals surface area contributed by atoms with Gasteiger partial charge in [-0.25, -0.2) is 0 Å². The van der Waals surface area contributed by atoms with Crippen molar-refractivity contribution in [1.82, 2.24) is 5.32 Å². The molecule has 0 aromatic carbocycles. The Bertz CT molecular complexity index is 193. The molecule has 3 heteroatoms. The van der Waals surface area contributed by atoms with Gasteiger partial charge in [-0.1, -0.05) is 39.0 Å². The van der Waals surface area contributed by atoms with E-state index in [-0.39, 0.29) is 5.91 Å². The van der Waals surface area contributed by atoms with E-state index in [1.54, 1.807) is 0 Å². The molecule has 0 saturated carbocycles. The molecule has 0 aromatic heterocycles. The second kappa shape index (κ2) is 13.2. The molecule has 17 heavy (non-hydrogen) atoms. The number of hydrogen-bond donors (Lipinski definition) is 1. The van der Waals surface area contributed by atoms with Crippen molar-refractivity contribution in [2.24, 2.45) is 0 Å². The Labute approximate surface area is 105 Å². The minimum atomic E-state index is 0.129. The Morgan fingerprint density at radius 1 is 1.00 bits per heavy atom. The van der Waals surface area contributed by atoms with Crippen LogP contribution in [0.3, 0.4) is 0 Å². The standard InChI is InChI=1S/C14H27NO2/c1-2-3-4-5-6-9-12-15-14(17)11-8-7-10-13-16/h13H,2-12H2,1H3,(H,15,17). The highest BCUT2D eigenvalue weighted by Crippen LogP contribution is 2.04. The lowest BCUT2D eigenvalue weighted by molar-refractivity contribution is -0.121. The van der Waals surface area contributed by atoms with Crippen LogP contribution in [0, 0.1) is 0 Å². The van der Waals surface area contributed by atoms with Crippen LogP contribution in [0.15, 0.2) is 0 Å². The van der Waals surface area contributed by atoms with Crippen LogP contribution < -0.4 is 5.32 Å². The van der Waals surface area contributed by atoms with Gasteiger partial charge in [0.1, 0.15) is 6.29 Å². The van der Waals surface area contributed by atoms with Gasteiger partial charge in [-0.05, 0) is 19.3 Å². The first kappa shape index (κ1) is 16.1. The second-order valence-electron chi connectivity index (χ2n) is 4.53. The summed E-state index contributed by atoms with van der Waals surface area (Å²) in [6.07, 6.45) is 11.2. The number of hydrogen-bond acceptors (Lipinski definition) is 2. The van der Waals surface area contributed by atoms with E-state index < -0.39 is 0 Å². The first-order chi connectivity index (χ1) is 8.31.